The van der Waals surface area contributed by atoms with Crippen LogP contribution in [-0.4, -0.2) is 37.9 Å². The molecule has 1 fully saturated rings. The van der Waals surface area contributed by atoms with E-state index in [1.807, 2.05) is 41.7 Å². The Kier molecular flexibility index (Phi) is 6.05. The third-order valence-electron chi connectivity index (χ3n) is 4.94. The van der Waals surface area contributed by atoms with Crippen molar-refractivity contribution in [1.29, 1.82) is 0 Å². The van der Waals surface area contributed by atoms with Gasteiger partial charge in [0.25, 0.3) is 0 Å². The Bertz CT molecular complexity index is 908. The van der Waals surface area contributed by atoms with Crippen LogP contribution in [0.3, 0.4) is 0 Å². The zero-order valence-electron chi connectivity index (χ0n) is 16.0. The Morgan fingerprint density at radius 3 is 2.00 bits per heavy atom. The molecule has 2 N–H and O–H groups in total. The van der Waals surface area contributed by atoms with Crippen LogP contribution in [0.4, 0.5) is 13.2 Å². The molecule has 0 bridgehead atoms. The Morgan fingerprint density at radius 1 is 1.00 bits per heavy atom. The summed E-state index contributed by atoms with van der Waals surface area (Å²) < 4.78 is 55.0. The van der Waals surface area contributed by atoms with Crippen LogP contribution in [0.1, 0.15) is 12.8 Å². The first-order valence-corrected chi connectivity index (χ1v) is 11.2. The molecule has 29 heavy (non-hydrogen) atoms. The molecule has 0 aliphatic heterocycles. The molecule has 0 heterocycles. The average molecular weight is 426 g/mol. The molecule has 2 aromatic rings. The van der Waals surface area contributed by atoms with Crippen LogP contribution in [0.5, 0.6) is 5.75 Å². The minimum absolute atomic E-state index is 0.203. The topological polar surface area (TPSA) is 67.4 Å². The van der Waals surface area contributed by atoms with E-state index in [9.17, 15) is 22.5 Å². The highest BCUT2D eigenvalue weighted by molar-refractivity contribution is 7.69. The maximum Gasteiger partial charge on any atom is 0.471 e. The molecule has 9 heteroatoms. The molecule has 1 aliphatic carbocycles. The van der Waals surface area contributed by atoms with Crippen LogP contribution in [0, 0.1) is 0 Å². The summed E-state index contributed by atoms with van der Waals surface area (Å²) in [7, 11) is -1.29. The maximum atomic E-state index is 13.0. The van der Waals surface area contributed by atoms with Crippen LogP contribution in [0.25, 0.3) is 11.1 Å². The van der Waals surface area contributed by atoms with Gasteiger partial charge in [-0.2, -0.15) is 13.2 Å². The second kappa shape index (κ2) is 8.20. The minimum Gasteiger partial charge on any atom is -0.497 e. The summed E-state index contributed by atoms with van der Waals surface area (Å²) in [5.41, 5.74) is 1.97. The maximum absolute atomic E-state index is 13.0. The molecule has 3 rings (SSSR count). The number of alkyl halides is 3. The van der Waals surface area contributed by atoms with E-state index in [1.165, 1.54) is 0 Å². The van der Waals surface area contributed by atoms with Gasteiger partial charge >= 0.3 is 12.1 Å². The van der Waals surface area contributed by atoms with Gasteiger partial charge in [-0.15, -0.1) is 0 Å². The van der Waals surface area contributed by atoms with Gasteiger partial charge in [0.2, 0.25) is 0 Å². The summed E-state index contributed by atoms with van der Waals surface area (Å²) in [6, 6.07) is 14.2. The van der Waals surface area contributed by atoms with Gasteiger partial charge in [0.1, 0.15) is 5.75 Å². The van der Waals surface area contributed by atoms with Crippen molar-refractivity contribution in [2.24, 2.45) is 0 Å². The van der Waals surface area contributed by atoms with E-state index >= 15 is 0 Å². The lowest BCUT2D eigenvalue weighted by molar-refractivity contribution is -0.175. The van der Waals surface area contributed by atoms with Crippen LogP contribution in [-0.2, 0) is 9.36 Å². The highest BCUT2D eigenvalue weighted by Gasteiger charge is 2.42. The van der Waals surface area contributed by atoms with Crippen molar-refractivity contribution in [3.05, 3.63) is 48.5 Å². The lowest BCUT2D eigenvalue weighted by atomic mass is 9.87. The number of benzene rings is 2. The van der Waals surface area contributed by atoms with Gasteiger partial charge in [0, 0.05) is 24.1 Å². The third-order valence-corrected chi connectivity index (χ3v) is 7.08. The molecule has 0 radical (unpaired) electrons. The number of amides is 1. The number of carbonyl (C=O) groups excluding carboxylic acids is 1. The van der Waals surface area contributed by atoms with Gasteiger partial charge in [-0.25, -0.2) is 0 Å². The number of nitrogens with one attached hydrogen (secondary N) is 2. The van der Waals surface area contributed by atoms with E-state index in [0.29, 0.717) is 18.1 Å². The molecular formula is C20H22F3N2O3P. The van der Waals surface area contributed by atoms with Gasteiger partial charge in [0.05, 0.1) is 7.11 Å². The highest BCUT2D eigenvalue weighted by Crippen LogP contribution is 2.39. The Morgan fingerprint density at radius 2 is 1.52 bits per heavy atom. The summed E-state index contributed by atoms with van der Waals surface area (Å²) in [5, 5.41) is 5.61. The van der Waals surface area contributed by atoms with Crippen molar-refractivity contribution >= 4 is 18.5 Å². The number of hydrogen-bond acceptors (Lipinski definition) is 3. The number of carbonyl (C=O) groups is 1. The van der Waals surface area contributed by atoms with Crippen LogP contribution in [0.2, 0.25) is 0 Å². The molecule has 1 unspecified atom stereocenters. The van der Waals surface area contributed by atoms with Crippen molar-refractivity contribution in [1.82, 2.24) is 10.4 Å². The number of hydrogen-bond donors (Lipinski definition) is 2. The van der Waals surface area contributed by atoms with E-state index in [4.69, 9.17) is 4.74 Å². The summed E-state index contributed by atoms with van der Waals surface area (Å²) >= 11 is 0. The molecule has 0 aromatic heterocycles. The van der Waals surface area contributed by atoms with Crippen molar-refractivity contribution in [3.63, 3.8) is 0 Å². The smallest absolute Gasteiger partial charge is 0.471 e. The van der Waals surface area contributed by atoms with Gasteiger partial charge in [-0.3, -0.25) is 9.88 Å². The fourth-order valence-electron chi connectivity index (χ4n) is 3.25. The molecule has 156 valence electrons. The van der Waals surface area contributed by atoms with Gasteiger partial charge in [-0.05, 0) is 48.2 Å². The van der Waals surface area contributed by atoms with Crippen molar-refractivity contribution in [2.75, 3.05) is 13.8 Å². The first kappa shape index (κ1) is 21.4. The highest BCUT2D eigenvalue weighted by atomic mass is 31.2. The van der Waals surface area contributed by atoms with Gasteiger partial charge in [-0.1, -0.05) is 24.3 Å². The molecule has 0 saturated heterocycles. The summed E-state index contributed by atoms with van der Waals surface area (Å²) in [5.74, 6) is -1.17. The van der Waals surface area contributed by atoms with E-state index in [1.54, 1.807) is 25.9 Å². The molecular weight excluding hydrogens is 404 g/mol. The lowest BCUT2D eigenvalue weighted by Crippen LogP contribution is -2.54. The zero-order chi connectivity index (χ0) is 21.2. The molecule has 2 aromatic carbocycles. The quantitative estimate of drug-likeness (QED) is 0.692. The average Bonchev–Trinajstić information content (AvgIpc) is 2.65. The van der Waals surface area contributed by atoms with Crippen molar-refractivity contribution in [2.45, 2.75) is 31.1 Å². The number of halogens is 3. The number of ether oxygens (including phenoxy) is 1. The Balaban J connectivity index is 1.57. The second-order valence-electron chi connectivity index (χ2n) is 7.17. The van der Waals surface area contributed by atoms with E-state index in [0.717, 1.165) is 16.9 Å². The largest absolute Gasteiger partial charge is 0.497 e. The van der Waals surface area contributed by atoms with Crippen LogP contribution in [0.15, 0.2) is 48.5 Å². The Labute approximate surface area is 167 Å². The molecule has 5 nitrogen and oxygen atoms in total. The molecule has 1 aliphatic rings. The van der Waals surface area contributed by atoms with Gasteiger partial charge < -0.3 is 14.6 Å². The van der Waals surface area contributed by atoms with E-state index in [-0.39, 0.29) is 6.04 Å². The molecule has 1 atom stereocenters. The van der Waals surface area contributed by atoms with Gasteiger partial charge in [0.15, 0.2) is 7.29 Å². The number of methoxy groups -OCH3 is 1. The standard InChI is InChI=1S/C20H22F3N2O3P/c1-28-17-7-3-13(4-8-17)14-5-9-18(10-6-14)29(2,27)25-16-11-15(12-16)24-19(26)20(21,22)23/h3-10,15-16H,11-12H2,1-2H3,(H,24,26)(H,25,27). The molecule has 1 amide bonds. The third kappa shape index (κ3) is 5.19. The fraction of sp³-hybridized carbons (Fsp3) is 0.350. The van der Waals surface area contributed by atoms with Crippen LogP contribution >= 0.6 is 7.29 Å². The summed E-state index contributed by atoms with van der Waals surface area (Å²) in [4.78, 5) is 10.9. The zero-order valence-corrected chi connectivity index (χ0v) is 16.9. The SMILES string of the molecule is COc1ccc(-c2ccc(P(C)(=O)NC3CC(NC(=O)C(F)(F)F)C3)cc2)cc1. The molecule has 0 spiro atoms. The first-order chi connectivity index (χ1) is 13.6. The second-order valence-corrected chi connectivity index (χ2v) is 9.79. The predicted molar refractivity (Wildman–Crippen MR) is 106 cm³/mol. The lowest BCUT2D eigenvalue weighted by Gasteiger charge is -2.38. The predicted octanol–water partition coefficient (Wildman–Crippen LogP) is 3.69. The number of rotatable bonds is 6. The summed E-state index contributed by atoms with van der Waals surface area (Å²) in [6.45, 7) is 1.59. The fourth-order valence-corrected chi connectivity index (χ4v) is 5.03. The first-order valence-electron chi connectivity index (χ1n) is 9.06. The van der Waals surface area contributed by atoms with Crippen molar-refractivity contribution < 1.29 is 27.3 Å². The minimum atomic E-state index is -4.88. The van der Waals surface area contributed by atoms with Crippen LogP contribution < -0.4 is 20.4 Å². The van der Waals surface area contributed by atoms with Crippen molar-refractivity contribution in [3.8, 4) is 16.9 Å². The van der Waals surface area contributed by atoms with E-state index in [2.05, 4.69) is 5.09 Å². The molecule has 1 saturated carbocycles. The Hall–Kier alpha value is -2.31. The summed E-state index contributed by atoms with van der Waals surface area (Å²) in [6.07, 6.45) is -4.27. The van der Waals surface area contributed by atoms with E-state index < -0.39 is 25.4 Å². The normalized spacial score (nSPS) is 21.0. The monoisotopic (exact) mass is 426 g/mol.